The van der Waals surface area contributed by atoms with E-state index in [0.717, 1.165) is 6.20 Å². The van der Waals surface area contributed by atoms with Crippen LogP contribution < -0.4 is 0 Å². The monoisotopic (exact) mass is 213 g/mol. The van der Waals surface area contributed by atoms with Crippen molar-refractivity contribution in [3.05, 3.63) is 22.0 Å². The highest BCUT2D eigenvalue weighted by molar-refractivity contribution is 5.90. The van der Waals surface area contributed by atoms with E-state index >= 15 is 0 Å². The van der Waals surface area contributed by atoms with Crippen molar-refractivity contribution in [2.24, 2.45) is 0 Å². The van der Waals surface area contributed by atoms with Crippen LogP contribution in [0.1, 0.15) is 36.8 Å². The number of carbonyl (C=O) groups is 1. The van der Waals surface area contributed by atoms with Gasteiger partial charge in [-0.3, -0.25) is 10.1 Å². The molecule has 1 aromatic rings. The van der Waals surface area contributed by atoms with Gasteiger partial charge in [0, 0.05) is 0 Å². The Labute approximate surface area is 85.5 Å². The molecule has 0 saturated heterocycles. The second-order valence-electron chi connectivity index (χ2n) is 3.14. The van der Waals surface area contributed by atoms with Crippen molar-refractivity contribution in [1.82, 2.24) is 9.78 Å². The highest BCUT2D eigenvalue weighted by Crippen LogP contribution is 2.22. The number of carboxylic acid groups (broad SMARTS) is 1. The van der Waals surface area contributed by atoms with Gasteiger partial charge in [-0.05, 0) is 13.3 Å². The SMILES string of the molecule is CCC(C)n1ncc([N+](=O)[O-])c1C(=O)O. The van der Waals surface area contributed by atoms with Gasteiger partial charge in [0.05, 0.1) is 11.0 Å². The van der Waals surface area contributed by atoms with E-state index in [4.69, 9.17) is 5.11 Å². The summed E-state index contributed by atoms with van der Waals surface area (Å²) in [4.78, 5) is 20.7. The van der Waals surface area contributed by atoms with E-state index in [0.29, 0.717) is 6.42 Å². The third kappa shape index (κ3) is 1.95. The van der Waals surface area contributed by atoms with Crippen LogP contribution in [0.3, 0.4) is 0 Å². The van der Waals surface area contributed by atoms with Crippen LogP contribution in [-0.2, 0) is 0 Å². The Hall–Kier alpha value is -1.92. The molecule has 0 aromatic carbocycles. The van der Waals surface area contributed by atoms with Gasteiger partial charge in [-0.1, -0.05) is 6.92 Å². The summed E-state index contributed by atoms with van der Waals surface area (Å²) in [6, 6.07) is -0.176. The fraction of sp³-hybridized carbons (Fsp3) is 0.500. The zero-order chi connectivity index (χ0) is 11.6. The fourth-order valence-electron chi connectivity index (χ4n) is 1.20. The fourth-order valence-corrected chi connectivity index (χ4v) is 1.20. The predicted molar refractivity (Wildman–Crippen MR) is 50.8 cm³/mol. The number of aromatic nitrogens is 2. The standard InChI is InChI=1S/C8H11N3O4/c1-3-5(2)10-7(8(12)13)6(4-9-10)11(14)15/h4-5H,3H2,1-2H3,(H,12,13). The molecule has 7 heteroatoms. The Bertz CT molecular complexity index is 399. The van der Waals surface area contributed by atoms with Gasteiger partial charge in [0.15, 0.2) is 0 Å². The smallest absolute Gasteiger partial charge is 0.361 e. The van der Waals surface area contributed by atoms with E-state index < -0.39 is 16.6 Å². The second kappa shape index (κ2) is 4.07. The number of rotatable bonds is 4. The molecule has 7 nitrogen and oxygen atoms in total. The molecular formula is C8H11N3O4. The van der Waals surface area contributed by atoms with Crippen molar-refractivity contribution in [3.8, 4) is 0 Å². The molecule has 82 valence electrons. The molecule has 1 N–H and O–H groups in total. The van der Waals surface area contributed by atoms with E-state index in [1.807, 2.05) is 6.92 Å². The van der Waals surface area contributed by atoms with Crippen LogP contribution in [0.4, 0.5) is 5.69 Å². The van der Waals surface area contributed by atoms with Crippen molar-refractivity contribution in [3.63, 3.8) is 0 Å². The van der Waals surface area contributed by atoms with Gasteiger partial charge in [-0.25, -0.2) is 9.48 Å². The lowest BCUT2D eigenvalue weighted by molar-refractivity contribution is -0.385. The maximum Gasteiger partial charge on any atom is 0.361 e. The number of hydrogen-bond acceptors (Lipinski definition) is 4. The molecule has 1 atom stereocenters. The minimum Gasteiger partial charge on any atom is -0.476 e. The summed E-state index contributed by atoms with van der Waals surface area (Å²) in [6.07, 6.45) is 1.62. The first-order valence-corrected chi connectivity index (χ1v) is 4.44. The Morgan fingerprint density at radius 1 is 1.80 bits per heavy atom. The van der Waals surface area contributed by atoms with Crippen LogP contribution in [0.15, 0.2) is 6.20 Å². The summed E-state index contributed by atoms with van der Waals surface area (Å²) in [6.45, 7) is 3.60. The molecule has 0 aliphatic heterocycles. The summed E-state index contributed by atoms with van der Waals surface area (Å²) in [7, 11) is 0. The second-order valence-corrected chi connectivity index (χ2v) is 3.14. The molecule has 0 aliphatic carbocycles. The van der Waals surface area contributed by atoms with Crippen molar-refractivity contribution in [2.75, 3.05) is 0 Å². The molecule has 0 bridgehead atoms. The first kappa shape index (κ1) is 11.2. The Morgan fingerprint density at radius 3 is 2.80 bits per heavy atom. The van der Waals surface area contributed by atoms with Gasteiger partial charge in [0.1, 0.15) is 6.20 Å². The predicted octanol–water partition coefficient (Wildman–Crippen LogP) is 1.46. The van der Waals surface area contributed by atoms with Gasteiger partial charge >= 0.3 is 11.7 Å². The highest BCUT2D eigenvalue weighted by atomic mass is 16.6. The van der Waals surface area contributed by atoms with Crippen molar-refractivity contribution < 1.29 is 14.8 Å². The van der Waals surface area contributed by atoms with Crippen LogP contribution in [0, 0.1) is 10.1 Å². The number of carboxylic acids is 1. The van der Waals surface area contributed by atoms with Crippen LogP contribution in [0.2, 0.25) is 0 Å². The molecule has 0 saturated carbocycles. The average molecular weight is 213 g/mol. The molecular weight excluding hydrogens is 202 g/mol. The molecule has 1 rings (SSSR count). The van der Waals surface area contributed by atoms with E-state index in [9.17, 15) is 14.9 Å². The maximum atomic E-state index is 10.9. The summed E-state index contributed by atoms with van der Waals surface area (Å²) < 4.78 is 1.17. The molecule has 0 aliphatic rings. The molecule has 1 aromatic heterocycles. The van der Waals surface area contributed by atoms with Gasteiger partial charge in [0.2, 0.25) is 5.69 Å². The van der Waals surface area contributed by atoms with Crippen LogP contribution in [-0.4, -0.2) is 25.8 Å². The number of hydrogen-bond donors (Lipinski definition) is 1. The molecule has 0 spiro atoms. The highest BCUT2D eigenvalue weighted by Gasteiger charge is 2.27. The van der Waals surface area contributed by atoms with Gasteiger partial charge in [-0.15, -0.1) is 0 Å². The lowest BCUT2D eigenvalue weighted by Gasteiger charge is -2.10. The third-order valence-corrected chi connectivity index (χ3v) is 2.18. The average Bonchev–Trinajstić information content (AvgIpc) is 2.60. The van der Waals surface area contributed by atoms with Crippen LogP contribution in [0.25, 0.3) is 0 Å². The summed E-state index contributed by atoms with van der Waals surface area (Å²) in [5, 5.41) is 23.1. The van der Waals surface area contributed by atoms with Crippen molar-refractivity contribution >= 4 is 11.7 Å². The van der Waals surface area contributed by atoms with Crippen molar-refractivity contribution in [1.29, 1.82) is 0 Å². The van der Waals surface area contributed by atoms with Crippen LogP contribution >= 0.6 is 0 Å². The summed E-state index contributed by atoms with van der Waals surface area (Å²) >= 11 is 0. The van der Waals surface area contributed by atoms with Gasteiger partial charge in [0.25, 0.3) is 0 Å². The largest absolute Gasteiger partial charge is 0.476 e. The normalized spacial score (nSPS) is 12.4. The van der Waals surface area contributed by atoms with Crippen LogP contribution in [0.5, 0.6) is 0 Å². The van der Waals surface area contributed by atoms with Gasteiger partial charge < -0.3 is 5.11 Å². The Kier molecular flexibility index (Phi) is 3.03. The molecule has 1 unspecified atom stereocenters. The quantitative estimate of drug-likeness (QED) is 0.603. The zero-order valence-electron chi connectivity index (χ0n) is 8.38. The lowest BCUT2D eigenvalue weighted by Crippen LogP contribution is -2.14. The third-order valence-electron chi connectivity index (χ3n) is 2.18. The summed E-state index contributed by atoms with van der Waals surface area (Å²) in [5.41, 5.74) is -0.836. The molecule has 1 heterocycles. The van der Waals surface area contributed by atoms with Gasteiger partial charge in [-0.2, -0.15) is 5.10 Å². The van der Waals surface area contributed by atoms with E-state index in [1.54, 1.807) is 6.92 Å². The van der Waals surface area contributed by atoms with E-state index in [-0.39, 0.29) is 11.7 Å². The minimum atomic E-state index is -1.33. The first-order chi connectivity index (χ1) is 6.99. The maximum absolute atomic E-state index is 10.9. The zero-order valence-corrected chi connectivity index (χ0v) is 8.38. The first-order valence-electron chi connectivity index (χ1n) is 4.44. The molecule has 0 amide bonds. The van der Waals surface area contributed by atoms with E-state index in [2.05, 4.69) is 5.10 Å². The molecule has 0 fully saturated rings. The number of nitrogens with zero attached hydrogens (tertiary/aromatic N) is 3. The Balaban J connectivity index is 3.30. The molecule has 0 radical (unpaired) electrons. The minimum absolute atomic E-state index is 0.176. The molecule has 15 heavy (non-hydrogen) atoms. The van der Waals surface area contributed by atoms with E-state index in [1.165, 1.54) is 4.68 Å². The number of aromatic carboxylic acids is 1. The Morgan fingerprint density at radius 2 is 2.40 bits per heavy atom. The summed E-state index contributed by atoms with van der Waals surface area (Å²) in [5.74, 6) is -1.33. The lowest BCUT2D eigenvalue weighted by atomic mass is 10.2. The number of nitro groups is 1. The topological polar surface area (TPSA) is 98.3 Å². The van der Waals surface area contributed by atoms with Crippen molar-refractivity contribution in [2.45, 2.75) is 26.3 Å².